The molecule has 2 aliphatic heterocycles. The van der Waals surface area contributed by atoms with E-state index in [4.69, 9.17) is 4.42 Å². The molecule has 2 fully saturated rings. The average Bonchev–Trinajstić information content (AvgIpc) is 3.01. The van der Waals surface area contributed by atoms with Crippen molar-refractivity contribution in [1.29, 1.82) is 0 Å². The number of carbonyl (C=O) groups is 1. The Hall–Kier alpha value is -1.77. The van der Waals surface area contributed by atoms with E-state index in [1.165, 1.54) is 12.8 Å². The summed E-state index contributed by atoms with van der Waals surface area (Å²) in [6.07, 6.45) is 4.79. The highest BCUT2D eigenvalue weighted by Gasteiger charge is 2.23. The number of hydrogen-bond donors (Lipinski definition) is 0. The summed E-state index contributed by atoms with van der Waals surface area (Å²) in [5, 5.41) is 8.40. The van der Waals surface area contributed by atoms with Crippen LogP contribution in [-0.2, 0) is 11.3 Å². The van der Waals surface area contributed by atoms with Gasteiger partial charge in [0.1, 0.15) is 0 Å². The van der Waals surface area contributed by atoms with E-state index in [-0.39, 0.29) is 5.91 Å². The second-order valence-electron chi connectivity index (χ2n) is 7.83. The molecule has 0 radical (unpaired) electrons. The zero-order valence-corrected chi connectivity index (χ0v) is 18.3. The molecule has 0 unspecified atom stereocenters. The number of halogens is 1. The number of likely N-dealkylation sites (tertiary alicyclic amines) is 1. The summed E-state index contributed by atoms with van der Waals surface area (Å²) in [6.45, 7) is 6.63. The van der Waals surface area contributed by atoms with Crippen LogP contribution in [0.3, 0.4) is 0 Å². The number of nitrogens with zero attached hydrogens (tertiary/aromatic N) is 5. The quantitative estimate of drug-likeness (QED) is 0.681. The molecular formula is C21H28BrN5O2. The van der Waals surface area contributed by atoms with Crippen LogP contribution in [0.25, 0.3) is 11.5 Å². The number of rotatable bonds is 5. The number of aromatic nitrogens is 2. The Morgan fingerprint density at radius 1 is 0.931 bits per heavy atom. The predicted octanol–water partition coefficient (Wildman–Crippen LogP) is 3.02. The molecule has 4 rings (SSSR count). The fourth-order valence-electron chi connectivity index (χ4n) is 3.97. The molecule has 2 saturated heterocycles. The first-order valence-corrected chi connectivity index (χ1v) is 11.3. The molecule has 156 valence electrons. The van der Waals surface area contributed by atoms with Crippen LogP contribution in [0.4, 0.5) is 0 Å². The first-order valence-electron chi connectivity index (χ1n) is 10.5. The van der Waals surface area contributed by atoms with Crippen LogP contribution in [-0.4, -0.2) is 76.6 Å². The summed E-state index contributed by atoms with van der Waals surface area (Å²) in [5.41, 5.74) is 0.906. The van der Waals surface area contributed by atoms with Crippen molar-refractivity contribution in [3.63, 3.8) is 0 Å². The Morgan fingerprint density at radius 3 is 2.34 bits per heavy atom. The third-order valence-corrected chi connectivity index (χ3v) is 6.40. The Kier molecular flexibility index (Phi) is 6.94. The van der Waals surface area contributed by atoms with Crippen LogP contribution in [0.5, 0.6) is 0 Å². The molecule has 0 aliphatic carbocycles. The molecule has 0 saturated carbocycles. The zero-order valence-electron chi connectivity index (χ0n) is 16.7. The molecule has 1 aromatic heterocycles. The Bertz CT molecular complexity index is 811. The van der Waals surface area contributed by atoms with Gasteiger partial charge in [-0.1, -0.05) is 25.0 Å². The van der Waals surface area contributed by atoms with Crippen LogP contribution in [0, 0.1) is 0 Å². The van der Waals surface area contributed by atoms with E-state index in [1.54, 1.807) is 0 Å². The standard InChI is InChI=1S/C21H28BrN5O2/c22-18-8-4-3-7-17(18)21-24-23-19(29-21)15-25-11-13-26(14-12-25)16-20(28)27-9-5-1-2-6-10-27/h3-4,7-8H,1-2,5-6,9-16H2. The van der Waals surface area contributed by atoms with Crippen molar-refractivity contribution in [1.82, 2.24) is 24.9 Å². The predicted molar refractivity (Wildman–Crippen MR) is 114 cm³/mol. The van der Waals surface area contributed by atoms with Gasteiger partial charge < -0.3 is 9.32 Å². The lowest BCUT2D eigenvalue weighted by Crippen LogP contribution is -2.49. The molecule has 0 spiro atoms. The van der Waals surface area contributed by atoms with Crippen LogP contribution >= 0.6 is 15.9 Å². The van der Waals surface area contributed by atoms with Gasteiger partial charge in [0.05, 0.1) is 18.7 Å². The fourth-order valence-corrected chi connectivity index (χ4v) is 4.42. The van der Waals surface area contributed by atoms with Gasteiger partial charge in [-0.25, -0.2) is 0 Å². The van der Waals surface area contributed by atoms with E-state index in [9.17, 15) is 4.79 Å². The maximum absolute atomic E-state index is 12.6. The molecule has 0 atom stereocenters. The molecule has 1 amide bonds. The molecular weight excluding hydrogens is 434 g/mol. The normalized spacial score (nSPS) is 19.3. The highest BCUT2D eigenvalue weighted by molar-refractivity contribution is 9.10. The zero-order chi connectivity index (χ0) is 20.1. The Balaban J connectivity index is 1.25. The minimum absolute atomic E-state index is 0.287. The number of carbonyl (C=O) groups excluding carboxylic acids is 1. The van der Waals surface area contributed by atoms with Gasteiger partial charge in [-0.15, -0.1) is 10.2 Å². The highest BCUT2D eigenvalue weighted by Crippen LogP contribution is 2.27. The Labute approximate surface area is 180 Å². The van der Waals surface area contributed by atoms with E-state index in [2.05, 4.69) is 40.8 Å². The van der Waals surface area contributed by atoms with Gasteiger partial charge in [0.25, 0.3) is 0 Å². The molecule has 7 nitrogen and oxygen atoms in total. The highest BCUT2D eigenvalue weighted by atomic mass is 79.9. The maximum Gasteiger partial charge on any atom is 0.248 e. The Morgan fingerprint density at radius 2 is 1.62 bits per heavy atom. The first kappa shape index (κ1) is 20.5. The first-order chi connectivity index (χ1) is 14.2. The van der Waals surface area contributed by atoms with Crippen molar-refractivity contribution in [2.24, 2.45) is 0 Å². The summed E-state index contributed by atoms with van der Waals surface area (Å²) in [5.74, 6) is 1.45. The summed E-state index contributed by atoms with van der Waals surface area (Å²) < 4.78 is 6.81. The van der Waals surface area contributed by atoms with Crippen LogP contribution < -0.4 is 0 Å². The lowest BCUT2D eigenvalue weighted by Gasteiger charge is -2.34. The van der Waals surface area contributed by atoms with Crippen molar-refractivity contribution >= 4 is 21.8 Å². The average molecular weight is 462 g/mol. The SMILES string of the molecule is O=C(CN1CCN(Cc2nnc(-c3ccccc3Br)o2)CC1)N1CCCCCC1. The summed E-state index contributed by atoms with van der Waals surface area (Å²) in [4.78, 5) is 19.2. The summed E-state index contributed by atoms with van der Waals surface area (Å²) in [6, 6.07) is 7.84. The van der Waals surface area contributed by atoms with Crippen molar-refractivity contribution in [2.75, 3.05) is 45.8 Å². The minimum atomic E-state index is 0.287. The summed E-state index contributed by atoms with van der Waals surface area (Å²) >= 11 is 3.53. The van der Waals surface area contributed by atoms with Crippen molar-refractivity contribution < 1.29 is 9.21 Å². The van der Waals surface area contributed by atoms with Gasteiger partial charge >= 0.3 is 0 Å². The van der Waals surface area contributed by atoms with E-state index >= 15 is 0 Å². The fraction of sp³-hybridized carbons (Fsp3) is 0.571. The smallest absolute Gasteiger partial charge is 0.248 e. The van der Waals surface area contributed by atoms with Gasteiger partial charge in [-0.2, -0.15) is 0 Å². The molecule has 0 bridgehead atoms. The van der Waals surface area contributed by atoms with Crippen molar-refractivity contribution in [2.45, 2.75) is 32.2 Å². The molecule has 1 aromatic carbocycles. The topological polar surface area (TPSA) is 65.7 Å². The second-order valence-corrected chi connectivity index (χ2v) is 8.68. The number of hydrogen-bond acceptors (Lipinski definition) is 6. The van der Waals surface area contributed by atoms with Crippen molar-refractivity contribution in [3.05, 3.63) is 34.6 Å². The van der Waals surface area contributed by atoms with Gasteiger partial charge in [0, 0.05) is 43.7 Å². The molecule has 29 heavy (non-hydrogen) atoms. The number of piperazine rings is 1. The number of amides is 1. The van der Waals surface area contributed by atoms with Gasteiger partial charge in [0.15, 0.2) is 0 Å². The van der Waals surface area contributed by atoms with E-state index < -0.39 is 0 Å². The molecule has 2 aromatic rings. The van der Waals surface area contributed by atoms with Gasteiger partial charge in [-0.3, -0.25) is 14.6 Å². The molecule has 3 heterocycles. The van der Waals surface area contributed by atoms with E-state index in [0.717, 1.165) is 62.1 Å². The summed E-state index contributed by atoms with van der Waals surface area (Å²) in [7, 11) is 0. The van der Waals surface area contributed by atoms with E-state index in [0.29, 0.717) is 24.9 Å². The van der Waals surface area contributed by atoms with Gasteiger partial charge in [-0.05, 0) is 40.9 Å². The maximum atomic E-state index is 12.6. The molecule has 0 N–H and O–H groups in total. The van der Waals surface area contributed by atoms with Gasteiger partial charge in [0.2, 0.25) is 17.7 Å². The van der Waals surface area contributed by atoms with Crippen LogP contribution in [0.15, 0.2) is 33.2 Å². The third-order valence-electron chi connectivity index (χ3n) is 5.71. The lowest BCUT2D eigenvalue weighted by atomic mass is 10.2. The minimum Gasteiger partial charge on any atom is -0.419 e. The lowest BCUT2D eigenvalue weighted by molar-refractivity contribution is -0.132. The van der Waals surface area contributed by atoms with E-state index in [1.807, 2.05) is 24.3 Å². The van der Waals surface area contributed by atoms with Crippen LogP contribution in [0.2, 0.25) is 0 Å². The third kappa shape index (κ3) is 5.43. The number of benzene rings is 1. The monoisotopic (exact) mass is 461 g/mol. The van der Waals surface area contributed by atoms with Crippen molar-refractivity contribution in [3.8, 4) is 11.5 Å². The second kappa shape index (κ2) is 9.82. The van der Waals surface area contributed by atoms with Crippen LogP contribution in [0.1, 0.15) is 31.6 Å². The molecule has 8 heteroatoms. The molecule has 2 aliphatic rings. The largest absolute Gasteiger partial charge is 0.419 e.